The lowest BCUT2D eigenvalue weighted by Crippen LogP contribution is -2.30. The van der Waals surface area contributed by atoms with Crippen LogP contribution in [0.1, 0.15) is 19.5 Å². The van der Waals surface area contributed by atoms with Crippen molar-refractivity contribution < 1.29 is 31.3 Å². The standard InChI is InChI=1S/C20H19F2N3O6S/c1-3-24(4-2)32(28,29)15-6-8-19(18(10-15)25(26)27)30-11-14-12-31-20(23-14)13-5-7-16(21)17(22)9-13/h5-10,12H,3-4,11H2,1-2H3. The van der Waals surface area contributed by atoms with Crippen molar-refractivity contribution in [1.82, 2.24) is 9.29 Å². The Morgan fingerprint density at radius 1 is 1.12 bits per heavy atom. The normalized spacial score (nSPS) is 11.7. The van der Waals surface area contributed by atoms with Gasteiger partial charge in [0.15, 0.2) is 17.4 Å². The molecular weight excluding hydrogens is 448 g/mol. The summed E-state index contributed by atoms with van der Waals surface area (Å²) in [5.41, 5.74) is -0.0893. The van der Waals surface area contributed by atoms with Crippen molar-refractivity contribution in [2.24, 2.45) is 0 Å². The van der Waals surface area contributed by atoms with Gasteiger partial charge in [0.1, 0.15) is 18.6 Å². The molecule has 170 valence electrons. The second-order valence-corrected chi connectivity index (χ2v) is 8.48. The fraction of sp³-hybridized carbons (Fsp3) is 0.250. The van der Waals surface area contributed by atoms with Crippen molar-refractivity contribution in [3.8, 4) is 17.2 Å². The molecule has 0 radical (unpaired) electrons. The van der Waals surface area contributed by atoms with E-state index in [2.05, 4.69) is 4.98 Å². The summed E-state index contributed by atoms with van der Waals surface area (Å²) >= 11 is 0. The van der Waals surface area contributed by atoms with Gasteiger partial charge in [0.05, 0.1) is 9.82 Å². The first kappa shape index (κ1) is 23.3. The molecule has 0 fully saturated rings. The number of nitro benzene ring substituents is 1. The minimum Gasteiger partial charge on any atom is -0.480 e. The third-order valence-electron chi connectivity index (χ3n) is 4.56. The maximum atomic E-state index is 13.4. The molecule has 1 aromatic heterocycles. The van der Waals surface area contributed by atoms with Gasteiger partial charge in [-0.2, -0.15) is 4.31 Å². The Bertz CT molecular complexity index is 1240. The Labute approximate surface area is 182 Å². The van der Waals surface area contributed by atoms with Crippen LogP contribution in [-0.4, -0.2) is 35.7 Å². The Morgan fingerprint density at radius 2 is 1.84 bits per heavy atom. The molecule has 0 atom stereocenters. The molecule has 3 aromatic rings. The zero-order valence-electron chi connectivity index (χ0n) is 17.1. The maximum absolute atomic E-state index is 13.4. The molecule has 0 aliphatic carbocycles. The lowest BCUT2D eigenvalue weighted by Gasteiger charge is -2.18. The summed E-state index contributed by atoms with van der Waals surface area (Å²) in [4.78, 5) is 14.6. The quantitative estimate of drug-likeness (QED) is 0.343. The van der Waals surface area contributed by atoms with Crippen LogP contribution in [0.5, 0.6) is 5.75 Å². The Kier molecular flexibility index (Phi) is 6.84. The van der Waals surface area contributed by atoms with Crippen LogP contribution in [0.25, 0.3) is 11.5 Å². The molecule has 0 unspecified atom stereocenters. The first-order valence-electron chi connectivity index (χ1n) is 9.48. The lowest BCUT2D eigenvalue weighted by molar-refractivity contribution is -0.386. The van der Waals surface area contributed by atoms with Gasteiger partial charge in [0.2, 0.25) is 15.9 Å². The smallest absolute Gasteiger partial charge is 0.312 e. The van der Waals surface area contributed by atoms with E-state index in [1.807, 2.05) is 0 Å². The van der Waals surface area contributed by atoms with Crippen LogP contribution in [0.4, 0.5) is 14.5 Å². The van der Waals surface area contributed by atoms with Crippen molar-refractivity contribution in [2.45, 2.75) is 25.3 Å². The predicted octanol–water partition coefficient (Wildman–Crippen LogP) is 4.14. The van der Waals surface area contributed by atoms with Crippen molar-refractivity contribution in [2.75, 3.05) is 13.1 Å². The first-order chi connectivity index (χ1) is 15.2. The van der Waals surface area contributed by atoms with Crippen LogP contribution >= 0.6 is 0 Å². The van der Waals surface area contributed by atoms with E-state index in [-0.39, 0.29) is 47.5 Å². The zero-order valence-corrected chi connectivity index (χ0v) is 17.9. The van der Waals surface area contributed by atoms with Crippen LogP contribution in [0, 0.1) is 21.7 Å². The Balaban J connectivity index is 1.82. The number of aromatic nitrogens is 1. The Hall–Kier alpha value is -3.38. The summed E-state index contributed by atoms with van der Waals surface area (Å²) in [5.74, 6) is -2.22. The molecule has 0 saturated carbocycles. The first-order valence-corrected chi connectivity index (χ1v) is 10.9. The largest absolute Gasteiger partial charge is 0.480 e. The summed E-state index contributed by atoms with van der Waals surface area (Å²) in [6, 6.07) is 6.51. The van der Waals surface area contributed by atoms with E-state index in [0.717, 1.165) is 18.2 Å². The Morgan fingerprint density at radius 3 is 2.47 bits per heavy atom. The number of halogens is 2. The van der Waals surface area contributed by atoms with Gasteiger partial charge in [0, 0.05) is 24.7 Å². The summed E-state index contributed by atoms with van der Waals surface area (Å²) in [6.45, 7) is 3.53. The van der Waals surface area contributed by atoms with Crippen LogP contribution in [0.2, 0.25) is 0 Å². The second kappa shape index (κ2) is 9.40. The topological polar surface area (TPSA) is 116 Å². The summed E-state index contributed by atoms with van der Waals surface area (Å²) in [5, 5.41) is 11.5. The number of rotatable bonds is 9. The SMILES string of the molecule is CCN(CC)S(=O)(=O)c1ccc(OCc2coc(-c3ccc(F)c(F)c3)n2)c([N+](=O)[O-])c1. The highest BCUT2D eigenvalue weighted by atomic mass is 32.2. The van der Waals surface area contributed by atoms with Crippen LogP contribution in [0.3, 0.4) is 0 Å². The van der Waals surface area contributed by atoms with Crippen LogP contribution in [-0.2, 0) is 16.6 Å². The molecular formula is C20H19F2N3O6S. The number of nitrogens with zero attached hydrogens (tertiary/aromatic N) is 3. The second-order valence-electron chi connectivity index (χ2n) is 6.54. The van der Waals surface area contributed by atoms with Crippen LogP contribution < -0.4 is 4.74 Å². The number of hydrogen-bond acceptors (Lipinski definition) is 7. The van der Waals surface area contributed by atoms with Gasteiger partial charge in [-0.1, -0.05) is 13.8 Å². The van der Waals surface area contributed by atoms with Gasteiger partial charge in [-0.15, -0.1) is 0 Å². The maximum Gasteiger partial charge on any atom is 0.312 e. The van der Waals surface area contributed by atoms with Crippen LogP contribution in [0.15, 0.2) is 52.0 Å². The highest BCUT2D eigenvalue weighted by molar-refractivity contribution is 7.89. The van der Waals surface area contributed by atoms with E-state index in [1.165, 1.54) is 28.8 Å². The fourth-order valence-corrected chi connectivity index (χ4v) is 4.40. The predicted molar refractivity (Wildman–Crippen MR) is 109 cm³/mol. The molecule has 0 aliphatic rings. The van der Waals surface area contributed by atoms with Crippen molar-refractivity contribution >= 4 is 15.7 Å². The molecule has 12 heteroatoms. The molecule has 32 heavy (non-hydrogen) atoms. The highest BCUT2D eigenvalue weighted by Crippen LogP contribution is 2.31. The summed E-state index contributed by atoms with van der Waals surface area (Å²) < 4.78 is 63.6. The van der Waals surface area contributed by atoms with Gasteiger partial charge in [-0.25, -0.2) is 22.2 Å². The number of ether oxygens (including phenoxy) is 1. The van der Waals surface area contributed by atoms with Gasteiger partial charge >= 0.3 is 5.69 Å². The number of sulfonamides is 1. The van der Waals surface area contributed by atoms with Gasteiger partial charge < -0.3 is 9.15 Å². The number of oxazole rings is 1. The number of nitro groups is 1. The number of hydrogen-bond donors (Lipinski definition) is 0. The molecule has 1 heterocycles. The average Bonchev–Trinajstić information content (AvgIpc) is 3.23. The zero-order chi connectivity index (χ0) is 23.5. The minimum absolute atomic E-state index is 0.0117. The van der Waals surface area contributed by atoms with E-state index < -0.39 is 32.3 Å². The molecule has 0 saturated heterocycles. The van der Waals surface area contributed by atoms with E-state index in [4.69, 9.17) is 9.15 Å². The van der Waals surface area contributed by atoms with Gasteiger partial charge in [0.25, 0.3) is 0 Å². The van der Waals surface area contributed by atoms with Crippen molar-refractivity contribution in [3.63, 3.8) is 0 Å². The third-order valence-corrected chi connectivity index (χ3v) is 6.61. The van der Waals surface area contributed by atoms with Crippen molar-refractivity contribution in [3.05, 3.63) is 70.1 Å². The van der Waals surface area contributed by atoms with E-state index in [1.54, 1.807) is 13.8 Å². The molecule has 0 bridgehead atoms. The minimum atomic E-state index is -3.89. The summed E-state index contributed by atoms with van der Waals surface area (Å²) in [6.07, 6.45) is 1.21. The van der Waals surface area contributed by atoms with E-state index in [0.29, 0.717) is 0 Å². The molecule has 0 amide bonds. The van der Waals surface area contributed by atoms with Gasteiger partial charge in [-0.3, -0.25) is 10.1 Å². The molecule has 3 rings (SSSR count). The molecule has 0 aliphatic heterocycles. The third kappa shape index (κ3) is 4.75. The van der Waals surface area contributed by atoms with E-state index in [9.17, 15) is 27.3 Å². The lowest BCUT2D eigenvalue weighted by atomic mass is 10.2. The monoisotopic (exact) mass is 467 g/mol. The molecule has 0 N–H and O–H groups in total. The van der Waals surface area contributed by atoms with Crippen molar-refractivity contribution in [1.29, 1.82) is 0 Å². The molecule has 0 spiro atoms. The fourth-order valence-electron chi connectivity index (χ4n) is 2.92. The summed E-state index contributed by atoms with van der Waals surface area (Å²) in [7, 11) is -3.89. The number of benzene rings is 2. The average molecular weight is 467 g/mol. The molecule has 2 aromatic carbocycles. The van der Waals surface area contributed by atoms with Gasteiger partial charge in [-0.05, 0) is 30.3 Å². The van der Waals surface area contributed by atoms with E-state index >= 15 is 0 Å². The molecule has 9 nitrogen and oxygen atoms in total. The highest BCUT2D eigenvalue weighted by Gasteiger charge is 2.26.